The number of nitrogens with two attached hydrogens (primary N) is 1. The van der Waals surface area contributed by atoms with Crippen LogP contribution in [0.4, 0.5) is 4.79 Å². The number of hydrogen-bond donors (Lipinski definition) is 1. The second kappa shape index (κ2) is 8.55. The number of nitrogens with zero attached hydrogens (tertiary/aromatic N) is 1. The molecule has 1 fully saturated rings. The van der Waals surface area contributed by atoms with Gasteiger partial charge in [0.1, 0.15) is 24.0 Å². The van der Waals surface area contributed by atoms with E-state index in [1.54, 1.807) is 20.8 Å². The van der Waals surface area contributed by atoms with E-state index >= 15 is 0 Å². The number of benzene rings is 2. The molecule has 0 spiro atoms. The molecule has 1 saturated heterocycles. The van der Waals surface area contributed by atoms with Crippen LogP contribution in [0.2, 0.25) is 0 Å². The molecule has 2 amide bonds. The van der Waals surface area contributed by atoms with Gasteiger partial charge in [-0.25, -0.2) is 4.79 Å². The van der Waals surface area contributed by atoms with Crippen LogP contribution in [0.3, 0.4) is 0 Å². The molecule has 0 unspecified atom stereocenters. The Balaban J connectivity index is 1.73. The SMILES string of the molecule is CC(C)(C)OC(=O)N1[C@@H](c2ccc(OCc3ccccc3)cc2)CC[C@H]1C(N)=O. The Morgan fingerprint density at radius 1 is 1.03 bits per heavy atom. The van der Waals surface area contributed by atoms with Crippen molar-refractivity contribution in [3.05, 3.63) is 65.7 Å². The number of ether oxygens (including phenoxy) is 2. The van der Waals surface area contributed by atoms with Gasteiger partial charge in [-0.1, -0.05) is 42.5 Å². The van der Waals surface area contributed by atoms with E-state index < -0.39 is 23.6 Å². The number of amides is 2. The van der Waals surface area contributed by atoms with E-state index in [9.17, 15) is 9.59 Å². The standard InChI is InChI=1S/C23H28N2O4/c1-23(2,3)29-22(27)25-19(13-14-20(25)21(24)26)17-9-11-18(12-10-17)28-15-16-7-5-4-6-8-16/h4-12,19-20H,13-15H2,1-3H3,(H2,24,26)/t19-,20+/m1/s1. The number of carbonyl (C=O) groups is 2. The first-order valence-corrected chi connectivity index (χ1v) is 9.82. The van der Waals surface area contributed by atoms with E-state index in [0.717, 1.165) is 16.9 Å². The molecule has 1 aliphatic rings. The summed E-state index contributed by atoms with van der Waals surface area (Å²) in [5.41, 5.74) is 6.90. The Hall–Kier alpha value is -3.02. The van der Waals surface area contributed by atoms with E-state index in [4.69, 9.17) is 15.2 Å². The Bertz CT molecular complexity index is 843. The lowest BCUT2D eigenvalue weighted by Crippen LogP contribution is -2.46. The molecule has 2 N–H and O–H groups in total. The second-order valence-electron chi connectivity index (χ2n) is 8.24. The minimum atomic E-state index is -0.663. The Kier molecular flexibility index (Phi) is 6.11. The summed E-state index contributed by atoms with van der Waals surface area (Å²) in [7, 11) is 0. The topological polar surface area (TPSA) is 81.9 Å². The molecular weight excluding hydrogens is 368 g/mol. The second-order valence-corrected chi connectivity index (χ2v) is 8.24. The summed E-state index contributed by atoms with van der Waals surface area (Å²) >= 11 is 0. The van der Waals surface area contributed by atoms with E-state index in [1.807, 2.05) is 54.6 Å². The normalized spacial score (nSPS) is 19.1. The molecule has 3 rings (SSSR count). The zero-order valence-corrected chi connectivity index (χ0v) is 17.1. The van der Waals surface area contributed by atoms with Gasteiger partial charge in [-0.3, -0.25) is 9.69 Å². The van der Waals surface area contributed by atoms with Crippen molar-refractivity contribution in [1.82, 2.24) is 4.90 Å². The molecule has 2 aromatic carbocycles. The molecule has 6 heteroatoms. The molecule has 1 heterocycles. The van der Waals surface area contributed by atoms with E-state index in [-0.39, 0.29) is 6.04 Å². The number of carbonyl (C=O) groups excluding carboxylic acids is 2. The monoisotopic (exact) mass is 396 g/mol. The van der Waals surface area contributed by atoms with Crippen LogP contribution in [0, 0.1) is 0 Å². The van der Waals surface area contributed by atoms with E-state index in [1.165, 1.54) is 4.90 Å². The molecule has 2 atom stereocenters. The molecule has 6 nitrogen and oxygen atoms in total. The molecule has 0 saturated carbocycles. The van der Waals surface area contributed by atoms with Crippen molar-refractivity contribution in [2.24, 2.45) is 5.73 Å². The van der Waals surface area contributed by atoms with Crippen LogP contribution in [0.15, 0.2) is 54.6 Å². The van der Waals surface area contributed by atoms with Crippen LogP contribution in [-0.2, 0) is 16.1 Å². The van der Waals surface area contributed by atoms with Gasteiger partial charge in [0, 0.05) is 0 Å². The molecule has 0 bridgehead atoms. The van der Waals surface area contributed by atoms with E-state index in [0.29, 0.717) is 19.4 Å². The van der Waals surface area contributed by atoms with Gasteiger partial charge >= 0.3 is 6.09 Å². The lowest BCUT2D eigenvalue weighted by atomic mass is 10.0. The molecule has 1 aliphatic heterocycles. The number of rotatable bonds is 5. The summed E-state index contributed by atoms with van der Waals surface area (Å²) in [6.07, 6.45) is 0.649. The summed E-state index contributed by atoms with van der Waals surface area (Å²) in [6.45, 7) is 5.88. The molecule has 29 heavy (non-hydrogen) atoms. The number of hydrogen-bond acceptors (Lipinski definition) is 4. The lowest BCUT2D eigenvalue weighted by Gasteiger charge is -2.31. The summed E-state index contributed by atoms with van der Waals surface area (Å²) < 4.78 is 11.3. The van der Waals surface area contributed by atoms with E-state index in [2.05, 4.69) is 0 Å². The molecule has 2 aromatic rings. The van der Waals surface area contributed by atoms with Crippen molar-refractivity contribution in [3.8, 4) is 5.75 Å². The van der Waals surface area contributed by atoms with Crippen molar-refractivity contribution in [2.75, 3.05) is 0 Å². The maximum Gasteiger partial charge on any atom is 0.411 e. The van der Waals surface area contributed by atoms with Crippen LogP contribution in [-0.4, -0.2) is 28.5 Å². The number of likely N-dealkylation sites (tertiary alicyclic amines) is 1. The summed E-state index contributed by atoms with van der Waals surface area (Å²) in [4.78, 5) is 26.1. The predicted octanol–water partition coefficient (Wildman–Crippen LogP) is 4.19. The zero-order valence-electron chi connectivity index (χ0n) is 17.1. The van der Waals surface area contributed by atoms with Crippen LogP contribution in [0.25, 0.3) is 0 Å². The third-order valence-corrected chi connectivity index (χ3v) is 4.83. The third-order valence-electron chi connectivity index (χ3n) is 4.83. The van der Waals surface area contributed by atoms with Crippen LogP contribution in [0.1, 0.15) is 50.8 Å². The highest BCUT2D eigenvalue weighted by molar-refractivity contribution is 5.85. The average Bonchev–Trinajstić information content (AvgIpc) is 3.12. The minimum Gasteiger partial charge on any atom is -0.489 e. The summed E-state index contributed by atoms with van der Waals surface area (Å²) in [5.74, 6) is 0.229. The van der Waals surface area contributed by atoms with Crippen molar-refractivity contribution in [3.63, 3.8) is 0 Å². The highest BCUT2D eigenvalue weighted by Crippen LogP contribution is 2.37. The quantitative estimate of drug-likeness (QED) is 0.821. The first kappa shape index (κ1) is 20.7. The van der Waals surface area contributed by atoms with Gasteiger partial charge in [0.2, 0.25) is 5.91 Å². The fourth-order valence-corrected chi connectivity index (χ4v) is 3.51. The largest absolute Gasteiger partial charge is 0.489 e. The predicted molar refractivity (Wildman–Crippen MR) is 110 cm³/mol. The van der Waals surface area contributed by atoms with Crippen LogP contribution in [0.5, 0.6) is 5.75 Å². The molecular formula is C23H28N2O4. The summed E-state index contributed by atoms with van der Waals surface area (Å²) in [5, 5.41) is 0. The van der Waals surface area contributed by atoms with Crippen LogP contribution >= 0.6 is 0 Å². The third kappa shape index (κ3) is 5.28. The molecule has 0 aliphatic carbocycles. The first-order chi connectivity index (χ1) is 13.7. The number of primary amides is 1. The van der Waals surface area contributed by atoms with Crippen molar-refractivity contribution in [1.29, 1.82) is 0 Å². The van der Waals surface area contributed by atoms with Gasteiger partial charge < -0.3 is 15.2 Å². The Labute approximate surface area is 171 Å². The first-order valence-electron chi connectivity index (χ1n) is 9.82. The van der Waals surface area contributed by atoms with Gasteiger partial charge in [-0.05, 0) is 56.9 Å². The Morgan fingerprint density at radius 2 is 1.69 bits per heavy atom. The highest BCUT2D eigenvalue weighted by atomic mass is 16.6. The van der Waals surface area contributed by atoms with Crippen molar-refractivity contribution < 1.29 is 19.1 Å². The van der Waals surface area contributed by atoms with Gasteiger partial charge in [0.15, 0.2) is 0 Å². The fraction of sp³-hybridized carbons (Fsp3) is 0.391. The fourth-order valence-electron chi connectivity index (χ4n) is 3.51. The molecule has 154 valence electrons. The van der Waals surface area contributed by atoms with Gasteiger partial charge in [-0.15, -0.1) is 0 Å². The minimum absolute atomic E-state index is 0.259. The maximum absolute atomic E-state index is 12.8. The smallest absolute Gasteiger partial charge is 0.411 e. The van der Waals surface area contributed by atoms with Gasteiger partial charge in [-0.2, -0.15) is 0 Å². The molecule has 0 aromatic heterocycles. The maximum atomic E-state index is 12.8. The van der Waals surface area contributed by atoms with Gasteiger partial charge in [0.05, 0.1) is 6.04 Å². The van der Waals surface area contributed by atoms with Crippen LogP contribution < -0.4 is 10.5 Å². The van der Waals surface area contributed by atoms with Crippen molar-refractivity contribution in [2.45, 2.75) is 57.9 Å². The highest BCUT2D eigenvalue weighted by Gasteiger charge is 2.42. The lowest BCUT2D eigenvalue weighted by molar-refractivity contribution is -0.122. The zero-order chi connectivity index (χ0) is 21.0. The van der Waals surface area contributed by atoms with Crippen molar-refractivity contribution >= 4 is 12.0 Å². The Morgan fingerprint density at radius 3 is 2.28 bits per heavy atom. The van der Waals surface area contributed by atoms with Gasteiger partial charge in [0.25, 0.3) is 0 Å². The average molecular weight is 396 g/mol. The molecule has 0 radical (unpaired) electrons. The summed E-state index contributed by atoms with van der Waals surface area (Å²) in [6, 6.07) is 16.6.